The number of allylic oxidation sites excluding steroid dienone is 2. The standard InChI is InChI=1S/C9H11BrO2/c1-5-3-7(10)4-8(6(2)11)9(5)12/h3-4,8-9,12H,1-2H3. The van der Waals surface area contributed by atoms with Crippen molar-refractivity contribution in [2.24, 2.45) is 5.92 Å². The molecule has 0 heterocycles. The number of carbonyl (C=O) groups excluding carboxylic acids is 1. The highest BCUT2D eigenvalue weighted by Crippen LogP contribution is 2.26. The molecule has 66 valence electrons. The molecule has 2 atom stereocenters. The van der Waals surface area contributed by atoms with Crippen LogP contribution in [0.3, 0.4) is 0 Å². The van der Waals surface area contributed by atoms with E-state index >= 15 is 0 Å². The minimum atomic E-state index is -0.649. The third-order valence-corrected chi connectivity index (χ3v) is 2.47. The summed E-state index contributed by atoms with van der Waals surface area (Å²) in [6, 6.07) is 0. The third kappa shape index (κ3) is 1.84. The minimum absolute atomic E-state index is 0.00750. The van der Waals surface area contributed by atoms with Gasteiger partial charge in [0.25, 0.3) is 0 Å². The Morgan fingerprint density at radius 3 is 2.75 bits per heavy atom. The lowest BCUT2D eigenvalue weighted by Gasteiger charge is -2.22. The zero-order chi connectivity index (χ0) is 9.30. The molecule has 0 aliphatic heterocycles. The van der Waals surface area contributed by atoms with Crippen LogP contribution in [0.5, 0.6) is 0 Å². The summed E-state index contributed by atoms with van der Waals surface area (Å²) >= 11 is 3.29. The van der Waals surface area contributed by atoms with E-state index in [-0.39, 0.29) is 11.7 Å². The molecule has 1 N–H and O–H groups in total. The molecule has 1 aliphatic rings. The third-order valence-electron chi connectivity index (χ3n) is 1.98. The van der Waals surface area contributed by atoms with Crippen LogP contribution in [-0.4, -0.2) is 17.0 Å². The van der Waals surface area contributed by atoms with Crippen molar-refractivity contribution >= 4 is 21.7 Å². The number of aliphatic hydroxyl groups is 1. The Morgan fingerprint density at radius 1 is 1.67 bits per heavy atom. The van der Waals surface area contributed by atoms with Gasteiger partial charge < -0.3 is 5.11 Å². The Labute approximate surface area is 80.1 Å². The van der Waals surface area contributed by atoms with Crippen molar-refractivity contribution in [3.8, 4) is 0 Å². The van der Waals surface area contributed by atoms with Crippen LogP contribution in [0.15, 0.2) is 22.2 Å². The average Bonchev–Trinajstić information content (AvgIpc) is 1.96. The van der Waals surface area contributed by atoms with Gasteiger partial charge in [-0.3, -0.25) is 4.79 Å². The minimum Gasteiger partial charge on any atom is -0.388 e. The Hall–Kier alpha value is -0.410. The van der Waals surface area contributed by atoms with Crippen molar-refractivity contribution in [3.63, 3.8) is 0 Å². The Kier molecular flexibility index (Phi) is 2.85. The van der Waals surface area contributed by atoms with Gasteiger partial charge in [0.1, 0.15) is 5.78 Å². The van der Waals surface area contributed by atoms with Crippen molar-refractivity contribution < 1.29 is 9.90 Å². The van der Waals surface area contributed by atoms with E-state index in [2.05, 4.69) is 15.9 Å². The molecule has 0 spiro atoms. The first-order chi connectivity index (χ1) is 5.52. The summed E-state index contributed by atoms with van der Waals surface area (Å²) in [5, 5.41) is 9.57. The normalized spacial score (nSPS) is 29.3. The largest absolute Gasteiger partial charge is 0.388 e. The second-order valence-corrected chi connectivity index (χ2v) is 3.94. The van der Waals surface area contributed by atoms with E-state index in [4.69, 9.17) is 0 Å². The summed E-state index contributed by atoms with van der Waals surface area (Å²) in [5.41, 5.74) is 0.824. The lowest BCUT2D eigenvalue weighted by atomic mass is 9.89. The fraction of sp³-hybridized carbons (Fsp3) is 0.444. The molecule has 12 heavy (non-hydrogen) atoms. The summed E-state index contributed by atoms with van der Waals surface area (Å²) < 4.78 is 0.866. The fourth-order valence-electron chi connectivity index (χ4n) is 1.24. The quantitative estimate of drug-likeness (QED) is 0.746. The van der Waals surface area contributed by atoms with Crippen LogP contribution in [0.25, 0.3) is 0 Å². The van der Waals surface area contributed by atoms with Gasteiger partial charge >= 0.3 is 0 Å². The highest BCUT2D eigenvalue weighted by molar-refractivity contribution is 9.11. The maximum atomic E-state index is 11.0. The zero-order valence-corrected chi connectivity index (χ0v) is 8.63. The second-order valence-electron chi connectivity index (χ2n) is 3.02. The number of halogens is 1. The van der Waals surface area contributed by atoms with Crippen molar-refractivity contribution in [1.82, 2.24) is 0 Å². The molecule has 1 rings (SSSR count). The van der Waals surface area contributed by atoms with E-state index in [0.717, 1.165) is 10.1 Å². The smallest absolute Gasteiger partial charge is 0.139 e. The summed E-state index contributed by atoms with van der Waals surface area (Å²) in [5.74, 6) is -0.392. The maximum Gasteiger partial charge on any atom is 0.139 e. The summed E-state index contributed by atoms with van der Waals surface area (Å²) in [6.45, 7) is 3.30. The number of ketones is 1. The first-order valence-corrected chi connectivity index (χ1v) is 4.55. The van der Waals surface area contributed by atoms with Crippen LogP contribution in [0.2, 0.25) is 0 Å². The number of hydrogen-bond donors (Lipinski definition) is 1. The van der Waals surface area contributed by atoms with Gasteiger partial charge in [0.05, 0.1) is 12.0 Å². The van der Waals surface area contributed by atoms with Crippen LogP contribution in [-0.2, 0) is 4.79 Å². The number of Topliss-reactive ketones (excluding diaryl/α,β-unsaturated/α-hetero) is 1. The highest BCUT2D eigenvalue weighted by atomic mass is 79.9. The topological polar surface area (TPSA) is 37.3 Å². The molecule has 2 nitrogen and oxygen atoms in total. The van der Waals surface area contributed by atoms with Gasteiger partial charge in [-0.2, -0.15) is 0 Å². The predicted molar refractivity (Wildman–Crippen MR) is 50.9 cm³/mol. The number of hydrogen-bond acceptors (Lipinski definition) is 2. The second kappa shape index (κ2) is 3.54. The summed E-state index contributed by atoms with van der Waals surface area (Å²) in [6.07, 6.45) is 2.91. The molecule has 3 heteroatoms. The monoisotopic (exact) mass is 230 g/mol. The molecular formula is C9H11BrO2. The first kappa shape index (κ1) is 9.68. The van der Waals surface area contributed by atoms with Gasteiger partial charge in [-0.1, -0.05) is 22.0 Å². The molecule has 0 aromatic rings. The van der Waals surface area contributed by atoms with E-state index < -0.39 is 6.10 Å². The van der Waals surface area contributed by atoms with Crippen LogP contribution >= 0.6 is 15.9 Å². The molecule has 1 aliphatic carbocycles. The van der Waals surface area contributed by atoms with Crippen molar-refractivity contribution in [2.45, 2.75) is 20.0 Å². The van der Waals surface area contributed by atoms with Gasteiger partial charge in [-0.15, -0.1) is 0 Å². The first-order valence-electron chi connectivity index (χ1n) is 3.76. The predicted octanol–water partition coefficient (Wildman–Crippen LogP) is 1.79. The number of rotatable bonds is 1. The fourth-order valence-corrected chi connectivity index (χ4v) is 1.88. The van der Waals surface area contributed by atoms with Gasteiger partial charge in [-0.25, -0.2) is 0 Å². The van der Waals surface area contributed by atoms with E-state index in [1.54, 1.807) is 6.08 Å². The molecular weight excluding hydrogens is 220 g/mol. The van der Waals surface area contributed by atoms with Gasteiger partial charge in [0, 0.05) is 4.48 Å². The van der Waals surface area contributed by atoms with Gasteiger partial charge in [-0.05, 0) is 25.5 Å². The van der Waals surface area contributed by atoms with Crippen LogP contribution in [0.1, 0.15) is 13.8 Å². The summed E-state index contributed by atoms with van der Waals surface area (Å²) in [7, 11) is 0. The van der Waals surface area contributed by atoms with Crippen molar-refractivity contribution in [2.75, 3.05) is 0 Å². The molecule has 0 saturated heterocycles. The molecule has 0 aromatic carbocycles. The molecule has 0 bridgehead atoms. The van der Waals surface area contributed by atoms with E-state index in [1.165, 1.54) is 6.92 Å². The molecule has 0 amide bonds. The molecule has 2 unspecified atom stereocenters. The van der Waals surface area contributed by atoms with E-state index in [0.29, 0.717) is 0 Å². The Morgan fingerprint density at radius 2 is 2.25 bits per heavy atom. The van der Waals surface area contributed by atoms with E-state index in [1.807, 2.05) is 13.0 Å². The Bertz CT molecular complexity index is 266. The van der Waals surface area contributed by atoms with Crippen LogP contribution in [0, 0.1) is 5.92 Å². The number of carbonyl (C=O) groups is 1. The average molecular weight is 231 g/mol. The van der Waals surface area contributed by atoms with Crippen molar-refractivity contribution in [3.05, 3.63) is 22.2 Å². The van der Waals surface area contributed by atoms with Gasteiger partial charge in [0.2, 0.25) is 0 Å². The van der Waals surface area contributed by atoms with Crippen molar-refractivity contribution in [1.29, 1.82) is 0 Å². The van der Waals surface area contributed by atoms with Crippen LogP contribution in [0.4, 0.5) is 0 Å². The lowest BCUT2D eigenvalue weighted by molar-refractivity contribution is -0.121. The zero-order valence-electron chi connectivity index (χ0n) is 7.04. The molecule has 0 fully saturated rings. The molecule has 0 radical (unpaired) electrons. The molecule has 0 aromatic heterocycles. The van der Waals surface area contributed by atoms with Gasteiger partial charge in [0.15, 0.2) is 0 Å². The SMILES string of the molecule is CC(=O)C1C=C(Br)C=C(C)C1O. The Balaban J connectivity index is 2.94. The maximum absolute atomic E-state index is 11.0. The lowest BCUT2D eigenvalue weighted by Crippen LogP contribution is -2.28. The number of aliphatic hydroxyl groups excluding tert-OH is 1. The summed E-state index contributed by atoms with van der Waals surface area (Å²) in [4.78, 5) is 11.0. The highest BCUT2D eigenvalue weighted by Gasteiger charge is 2.25. The van der Waals surface area contributed by atoms with Crippen LogP contribution < -0.4 is 0 Å². The molecule has 0 saturated carbocycles. The van der Waals surface area contributed by atoms with E-state index in [9.17, 15) is 9.90 Å².